The number of hydrogen-bond donors (Lipinski definition) is 3. The molecule has 0 spiro atoms. The molecule has 11 heteroatoms. The van der Waals surface area contributed by atoms with Crippen LogP contribution in [0.3, 0.4) is 0 Å². The standard InChI is InChI=1S/C26H27N7O4/c1-14-24(33(34)35)15(2)32(31-14)13-18-11-17(9-10-20(18)36-3)21-19(12-27)25(28)37-26-22(21)23(29-30-26)16-7-5-4-6-8-16/h4-11,21-23,26,29-30H,13,28H2,1-3H3. The monoisotopic (exact) mass is 501 g/mol. The Morgan fingerprint density at radius 2 is 1.97 bits per heavy atom. The summed E-state index contributed by atoms with van der Waals surface area (Å²) >= 11 is 0. The Hall–Kier alpha value is -4.40. The maximum atomic E-state index is 11.5. The van der Waals surface area contributed by atoms with Crippen molar-refractivity contribution in [3.8, 4) is 11.8 Å². The molecule has 3 aromatic rings. The van der Waals surface area contributed by atoms with Gasteiger partial charge in [0.25, 0.3) is 0 Å². The van der Waals surface area contributed by atoms with Crippen LogP contribution in [-0.4, -0.2) is 28.0 Å². The van der Waals surface area contributed by atoms with E-state index >= 15 is 0 Å². The van der Waals surface area contributed by atoms with Crippen molar-refractivity contribution in [2.75, 3.05) is 7.11 Å². The zero-order valence-corrected chi connectivity index (χ0v) is 20.6. The van der Waals surface area contributed by atoms with E-state index in [-0.39, 0.29) is 36.0 Å². The molecule has 2 aliphatic rings. The molecular formula is C26H27N7O4. The summed E-state index contributed by atoms with van der Waals surface area (Å²) in [6.45, 7) is 3.55. The highest BCUT2D eigenvalue weighted by Crippen LogP contribution is 2.48. The van der Waals surface area contributed by atoms with Crippen molar-refractivity contribution < 1.29 is 14.4 Å². The predicted octanol–water partition coefficient (Wildman–Crippen LogP) is 3.06. The van der Waals surface area contributed by atoms with E-state index < -0.39 is 11.2 Å². The molecule has 0 amide bonds. The van der Waals surface area contributed by atoms with Gasteiger partial charge < -0.3 is 15.2 Å². The van der Waals surface area contributed by atoms with Gasteiger partial charge in [-0.3, -0.25) is 14.8 Å². The first-order valence-electron chi connectivity index (χ1n) is 11.8. The molecule has 1 fully saturated rings. The minimum Gasteiger partial charge on any atom is -0.496 e. The van der Waals surface area contributed by atoms with Gasteiger partial charge in [0, 0.05) is 17.4 Å². The molecule has 4 N–H and O–H groups in total. The van der Waals surface area contributed by atoms with Gasteiger partial charge in [0.2, 0.25) is 5.88 Å². The van der Waals surface area contributed by atoms with Crippen molar-refractivity contribution in [2.45, 2.75) is 38.6 Å². The van der Waals surface area contributed by atoms with E-state index in [1.807, 2.05) is 48.5 Å². The number of benzene rings is 2. The maximum Gasteiger partial charge on any atom is 0.312 e. The van der Waals surface area contributed by atoms with Gasteiger partial charge >= 0.3 is 5.69 Å². The molecular weight excluding hydrogens is 474 g/mol. The average molecular weight is 502 g/mol. The zero-order chi connectivity index (χ0) is 26.3. The van der Waals surface area contributed by atoms with Gasteiger partial charge in [-0.1, -0.05) is 36.4 Å². The number of ether oxygens (including phenoxy) is 2. The fourth-order valence-corrected chi connectivity index (χ4v) is 5.42. The zero-order valence-electron chi connectivity index (χ0n) is 20.6. The normalized spacial score (nSPS) is 22.8. The summed E-state index contributed by atoms with van der Waals surface area (Å²) in [7, 11) is 1.57. The highest BCUT2D eigenvalue weighted by Gasteiger charge is 2.49. The molecule has 2 aromatic carbocycles. The Morgan fingerprint density at radius 1 is 1.22 bits per heavy atom. The van der Waals surface area contributed by atoms with Gasteiger partial charge in [-0.2, -0.15) is 10.4 Å². The Balaban J connectivity index is 1.59. The maximum absolute atomic E-state index is 11.5. The Bertz CT molecular complexity index is 1430. The number of nitro groups is 1. The van der Waals surface area contributed by atoms with Crippen molar-refractivity contribution in [3.05, 3.63) is 98.2 Å². The van der Waals surface area contributed by atoms with Crippen LogP contribution in [0.15, 0.2) is 60.0 Å². The molecule has 2 aliphatic heterocycles. The quantitative estimate of drug-likeness (QED) is 0.341. The number of methoxy groups -OCH3 is 1. The van der Waals surface area contributed by atoms with Gasteiger partial charge in [0.1, 0.15) is 23.2 Å². The number of aryl methyl sites for hydroxylation is 1. The summed E-state index contributed by atoms with van der Waals surface area (Å²) in [5.41, 5.74) is 16.5. The predicted molar refractivity (Wildman–Crippen MR) is 134 cm³/mol. The van der Waals surface area contributed by atoms with Crippen LogP contribution < -0.4 is 21.3 Å². The Labute approximate surface area is 213 Å². The topological polar surface area (TPSA) is 153 Å². The third-order valence-electron chi connectivity index (χ3n) is 7.12. The smallest absolute Gasteiger partial charge is 0.312 e. The van der Waals surface area contributed by atoms with E-state index in [2.05, 4.69) is 22.0 Å². The largest absolute Gasteiger partial charge is 0.496 e. The van der Waals surface area contributed by atoms with Crippen LogP contribution >= 0.6 is 0 Å². The number of nitriles is 1. The molecule has 37 heavy (non-hydrogen) atoms. The number of nitrogens with one attached hydrogen (secondary N) is 2. The van der Waals surface area contributed by atoms with E-state index in [9.17, 15) is 15.4 Å². The van der Waals surface area contributed by atoms with Gasteiger partial charge in [-0.25, -0.2) is 10.9 Å². The van der Waals surface area contributed by atoms with Crippen molar-refractivity contribution in [1.29, 1.82) is 5.26 Å². The Kier molecular flexibility index (Phi) is 6.29. The third kappa shape index (κ3) is 4.16. The molecule has 4 atom stereocenters. The SMILES string of the molecule is COc1ccc(C2C(C#N)=C(N)OC3NNC(c4ccccc4)C32)cc1Cn1nc(C)c([N+](=O)[O-])c1C. The van der Waals surface area contributed by atoms with Crippen LogP contribution in [0.5, 0.6) is 5.75 Å². The van der Waals surface area contributed by atoms with E-state index in [0.29, 0.717) is 22.7 Å². The first-order valence-corrected chi connectivity index (χ1v) is 11.8. The highest BCUT2D eigenvalue weighted by atomic mass is 16.6. The number of nitrogens with two attached hydrogens (primary N) is 1. The van der Waals surface area contributed by atoms with Crippen molar-refractivity contribution in [3.63, 3.8) is 0 Å². The first kappa shape index (κ1) is 24.3. The van der Waals surface area contributed by atoms with Gasteiger partial charge in [0.15, 0.2) is 6.23 Å². The van der Waals surface area contributed by atoms with Crippen molar-refractivity contribution >= 4 is 5.69 Å². The van der Waals surface area contributed by atoms with Crippen LogP contribution in [0.25, 0.3) is 0 Å². The second kappa shape index (κ2) is 9.57. The molecule has 0 radical (unpaired) electrons. The summed E-state index contributed by atoms with van der Waals surface area (Å²) in [5, 5.41) is 26.0. The van der Waals surface area contributed by atoms with Crippen LogP contribution in [0.1, 0.15) is 40.0 Å². The van der Waals surface area contributed by atoms with Gasteiger partial charge in [-0.15, -0.1) is 0 Å². The number of nitrogens with zero attached hydrogens (tertiary/aromatic N) is 4. The van der Waals surface area contributed by atoms with Crippen molar-refractivity contribution in [1.82, 2.24) is 20.6 Å². The summed E-state index contributed by atoms with van der Waals surface area (Å²) in [4.78, 5) is 11.1. The first-order chi connectivity index (χ1) is 17.8. The molecule has 1 saturated heterocycles. The van der Waals surface area contributed by atoms with Crippen molar-refractivity contribution in [2.24, 2.45) is 11.7 Å². The van der Waals surface area contributed by atoms with Gasteiger partial charge in [0.05, 0.1) is 30.2 Å². The van der Waals surface area contributed by atoms with E-state index in [1.54, 1.807) is 25.6 Å². The highest BCUT2D eigenvalue weighted by molar-refractivity contribution is 5.47. The second-order valence-electron chi connectivity index (χ2n) is 9.17. The minimum absolute atomic E-state index is 0.00123. The van der Waals surface area contributed by atoms with E-state index in [1.165, 1.54) is 0 Å². The third-order valence-corrected chi connectivity index (χ3v) is 7.12. The lowest BCUT2D eigenvalue weighted by Crippen LogP contribution is -2.41. The molecule has 11 nitrogen and oxygen atoms in total. The van der Waals surface area contributed by atoms with Gasteiger partial charge in [-0.05, 0) is 37.1 Å². The lowest BCUT2D eigenvalue weighted by atomic mass is 9.74. The van der Waals surface area contributed by atoms with Crippen LogP contribution in [0.4, 0.5) is 5.69 Å². The molecule has 4 unspecified atom stereocenters. The number of rotatable bonds is 6. The van der Waals surface area contributed by atoms with E-state index in [0.717, 1.165) is 16.7 Å². The minimum atomic E-state index is -0.448. The summed E-state index contributed by atoms with van der Waals surface area (Å²) in [6.07, 6.45) is -0.448. The van der Waals surface area contributed by atoms with E-state index in [4.69, 9.17) is 15.2 Å². The van der Waals surface area contributed by atoms with Crippen LogP contribution in [-0.2, 0) is 11.3 Å². The molecule has 3 heterocycles. The van der Waals surface area contributed by atoms with Crippen LogP contribution in [0.2, 0.25) is 0 Å². The van der Waals surface area contributed by atoms with Crippen LogP contribution in [0, 0.1) is 41.2 Å². The molecule has 1 aromatic heterocycles. The Morgan fingerprint density at radius 3 is 2.62 bits per heavy atom. The molecule has 0 aliphatic carbocycles. The lowest BCUT2D eigenvalue weighted by molar-refractivity contribution is -0.386. The summed E-state index contributed by atoms with van der Waals surface area (Å²) in [6, 6.07) is 17.8. The second-order valence-corrected chi connectivity index (χ2v) is 9.17. The number of hydrazine groups is 1. The number of hydrogen-bond acceptors (Lipinski definition) is 9. The molecule has 0 saturated carbocycles. The average Bonchev–Trinajstić information content (AvgIpc) is 3.43. The number of aromatic nitrogens is 2. The molecule has 0 bridgehead atoms. The fourth-order valence-electron chi connectivity index (χ4n) is 5.42. The number of fused-ring (bicyclic) bond motifs is 1. The summed E-state index contributed by atoms with van der Waals surface area (Å²) in [5.74, 6) is 0.139. The molecule has 190 valence electrons. The fraction of sp³-hybridized carbons (Fsp3) is 0.308. The molecule has 5 rings (SSSR count). The number of allylic oxidation sites excluding steroid dienone is 1. The lowest BCUT2D eigenvalue weighted by Gasteiger charge is -2.36. The summed E-state index contributed by atoms with van der Waals surface area (Å²) < 4.78 is 13.1.